The second-order valence-corrected chi connectivity index (χ2v) is 33.4. The van der Waals surface area contributed by atoms with E-state index in [0.717, 1.165) is 6.92 Å². The van der Waals surface area contributed by atoms with E-state index in [-0.39, 0.29) is 120 Å². The highest BCUT2D eigenvalue weighted by molar-refractivity contribution is 6.01. The molecule has 16 amide bonds. The molecule has 0 radical (unpaired) electrons. The van der Waals surface area contributed by atoms with Gasteiger partial charge in [-0.3, -0.25) is 95.9 Å². The third-order valence-electron chi connectivity index (χ3n) is 19.4. The Morgan fingerprint density at radius 2 is 0.400 bits per heavy atom. The summed E-state index contributed by atoms with van der Waals surface area (Å²) in [5.41, 5.74) is 28.4. The third kappa shape index (κ3) is 50.7. The van der Waals surface area contributed by atoms with Gasteiger partial charge in [0.15, 0.2) is 0 Å². The molecule has 44 nitrogen and oxygen atoms in total. The Balaban J connectivity index is 7.50. The van der Waals surface area contributed by atoms with E-state index in [9.17, 15) is 116 Å². The highest BCUT2D eigenvalue weighted by Gasteiger charge is 2.40. The van der Waals surface area contributed by atoms with Crippen LogP contribution in [-0.4, -0.2) is 256 Å². The van der Waals surface area contributed by atoms with Crippen molar-refractivity contribution < 1.29 is 116 Å². The van der Waals surface area contributed by atoms with Crippen LogP contribution in [0.25, 0.3) is 0 Å². The average Bonchev–Trinajstić information content (AvgIpc) is 0.855. The van der Waals surface area contributed by atoms with Crippen LogP contribution in [0.3, 0.4) is 0 Å². The van der Waals surface area contributed by atoms with Crippen molar-refractivity contribution in [1.29, 1.82) is 0 Å². The highest BCUT2D eigenvalue weighted by Crippen LogP contribution is 2.18. The molecule has 0 aliphatic carbocycles. The number of primary amides is 1. The van der Waals surface area contributed by atoms with Gasteiger partial charge in [0.05, 0.1) is 6.54 Å². The maximum absolute atomic E-state index is 14.8. The molecule has 0 aromatic rings. The Morgan fingerprint density at radius 1 is 0.232 bits per heavy atom. The molecular weight excluding hydrogens is 1640 g/mol. The van der Waals surface area contributed by atoms with Gasteiger partial charge in [-0.15, -0.1) is 0 Å². The largest absolute Gasteiger partial charge is 0.481 e. The van der Waals surface area contributed by atoms with Crippen LogP contribution >= 0.6 is 0 Å². The van der Waals surface area contributed by atoms with Crippen molar-refractivity contribution in [3.8, 4) is 0 Å². The smallest absolute Gasteiger partial charge is 0.303 e. The fourth-order valence-electron chi connectivity index (χ4n) is 12.9. The molecule has 0 bridgehead atoms. The van der Waals surface area contributed by atoms with Crippen LogP contribution in [0, 0.1) is 29.6 Å². The fourth-order valence-corrected chi connectivity index (χ4v) is 12.9. The summed E-state index contributed by atoms with van der Waals surface area (Å²) < 4.78 is 0. The first kappa shape index (κ1) is 114. The van der Waals surface area contributed by atoms with Crippen molar-refractivity contribution in [3.63, 3.8) is 0 Å². The van der Waals surface area contributed by atoms with Crippen molar-refractivity contribution in [2.75, 3.05) is 32.7 Å². The lowest BCUT2D eigenvalue weighted by atomic mass is 9.98. The lowest BCUT2D eigenvalue weighted by Gasteiger charge is -2.29. The van der Waals surface area contributed by atoms with Crippen molar-refractivity contribution in [1.82, 2.24) is 79.8 Å². The number of unbranched alkanes of at least 4 members (excludes halogenated alkanes) is 4. The molecule has 125 heavy (non-hydrogen) atoms. The van der Waals surface area contributed by atoms with Gasteiger partial charge in [0.2, 0.25) is 94.5 Å². The lowest BCUT2D eigenvalue weighted by Crippen LogP contribution is -2.61. The van der Waals surface area contributed by atoms with Crippen LogP contribution in [0.4, 0.5) is 0 Å². The van der Waals surface area contributed by atoms with Gasteiger partial charge >= 0.3 is 23.9 Å². The van der Waals surface area contributed by atoms with E-state index in [1.54, 1.807) is 69.2 Å². The minimum absolute atomic E-state index is 0.0234. The number of amides is 16. The number of nitrogens with one attached hydrogen (secondary N) is 15. The molecule has 0 fully saturated rings. The van der Waals surface area contributed by atoms with Gasteiger partial charge in [-0.25, -0.2) is 0 Å². The van der Waals surface area contributed by atoms with E-state index >= 15 is 0 Å². The van der Waals surface area contributed by atoms with E-state index in [1.165, 1.54) is 6.92 Å². The number of nitrogens with two attached hydrogens (primary N) is 5. The van der Waals surface area contributed by atoms with E-state index in [0.29, 0.717) is 38.5 Å². The molecule has 0 saturated carbocycles. The van der Waals surface area contributed by atoms with Crippen molar-refractivity contribution in [3.05, 3.63) is 0 Å². The Labute approximate surface area is 730 Å². The summed E-state index contributed by atoms with van der Waals surface area (Å²) in [6.07, 6.45) is -3.23. The lowest BCUT2D eigenvalue weighted by molar-refractivity contribution is -0.140. The molecule has 0 aromatic heterocycles. The predicted molar refractivity (Wildman–Crippen MR) is 457 cm³/mol. The van der Waals surface area contributed by atoms with E-state index < -0.39 is 267 Å². The van der Waals surface area contributed by atoms with Crippen LogP contribution in [0.5, 0.6) is 0 Å². The number of hydrogen-bond acceptors (Lipinski definition) is 24. The molecule has 0 heterocycles. The molecule has 0 aromatic carbocycles. The summed E-state index contributed by atoms with van der Waals surface area (Å²) >= 11 is 0. The summed E-state index contributed by atoms with van der Waals surface area (Å²) in [4.78, 5) is 271. The van der Waals surface area contributed by atoms with Crippen LogP contribution in [0.15, 0.2) is 0 Å². The molecule has 0 unspecified atom stereocenters. The van der Waals surface area contributed by atoms with Crippen molar-refractivity contribution in [2.45, 2.75) is 328 Å². The summed E-state index contributed by atoms with van der Waals surface area (Å²) in [5, 5.41) is 76.9. The highest BCUT2D eigenvalue weighted by atomic mass is 16.4. The second kappa shape index (κ2) is 62.4. The monoisotopic (exact) mass is 1780 g/mol. The van der Waals surface area contributed by atoms with Crippen molar-refractivity contribution >= 4 is 118 Å². The normalized spacial score (nSPS) is 14.6. The molecule has 712 valence electrons. The number of carboxylic acid groups (broad SMARTS) is 4. The Hall–Kier alpha value is -10.8. The number of aliphatic carboxylic acids is 4. The number of rotatable bonds is 68. The van der Waals surface area contributed by atoms with E-state index in [1.807, 2.05) is 0 Å². The van der Waals surface area contributed by atoms with Gasteiger partial charge in [0, 0.05) is 32.6 Å². The third-order valence-corrected chi connectivity index (χ3v) is 19.4. The van der Waals surface area contributed by atoms with Gasteiger partial charge in [-0.2, -0.15) is 0 Å². The summed E-state index contributed by atoms with van der Waals surface area (Å²) in [5.74, 6) is -22.4. The molecule has 0 rings (SSSR count). The minimum Gasteiger partial charge on any atom is -0.481 e. The Morgan fingerprint density at radius 3 is 0.568 bits per heavy atom. The van der Waals surface area contributed by atoms with Gasteiger partial charge in [0.25, 0.3) is 0 Å². The maximum Gasteiger partial charge on any atom is 0.303 e. The van der Waals surface area contributed by atoms with E-state index in [4.69, 9.17) is 28.7 Å². The van der Waals surface area contributed by atoms with Crippen LogP contribution in [0.1, 0.15) is 244 Å². The summed E-state index contributed by atoms with van der Waals surface area (Å²) in [6, 6.07) is -21.0. The van der Waals surface area contributed by atoms with Crippen LogP contribution in [-0.2, 0) is 95.9 Å². The fraction of sp³-hybridized carbons (Fsp3) is 0.753. The van der Waals surface area contributed by atoms with Crippen molar-refractivity contribution in [2.24, 2.45) is 58.3 Å². The zero-order chi connectivity index (χ0) is 95.3. The van der Waals surface area contributed by atoms with Crippen LogP contribution < -0.4 is 108 Å². The predicted octanol–water partition coefficient (Wildman–Crippen LogP) is -3.38. The molecule has 0 aliphatic heterocycles. The Kier molecular flexibility index (Phi) is 57.0. The first-order chi connectivity index (χ1) is 58.6. The quantitative estimate of drug-likeness (QED) is 0.0264. The molecule has 29 N–H and O–H groups in total. The Bertz CT molecular complexity index is 3530. The molecule has 14 atom stereocenters. The molecule has 0 saturated heterocycles. The second-order valence-electron chi connectivity index (χ2n) is 33.4. The first-order valence-electron chi connectivity index (χ1n) is 43.1. The van der Waals surface area contributed by atoms with Gasteiger partial charge in [-0.05, 0) is 198 Å². The number of carbonyl (C=O) groups excluding carboxylic acids is 16. The van der Waals surface area contributed by atoms with Gasteiger partial charge in [-0.1, -0.05) is 69.2 Å². The molecular formula is C81H144N20O24. The van der Waals surface area contributed by atoms with Gasteiger partial charge in [0.1, 0.15) is 84.6 Å². The maximum atomic E-state index is 14.8. The SMILES string of the molecule is CC(=O)N[C@@H](C)C(=O)N[C@@H](CCC(=O)O)C(=O)N[C@@H](CCC(=O)O)C(=O)N[C@@H](CC(C)C)C(=O)N[C@@H](CC(C)C)C(=O)N[C@@H](CCCCN)C(=O)N[C@@H](CCCCN)C(=O)N[C@@H](CC(C)C)C(=O)N[C@@H](CCC(=O)O)C(=O)N[C@@H](CCC(=O)O)C(=O)N[C@@H](CC(C)C)C(=O)N[C@@H](CC(C)C)C(=O)N[C@@H](CCCCN)C(=O)N[C@@H](CCCCN)C(=O)NCC(N)=O. The molecule has 44 heteroatoms. The first-order valence-corrected chi connectivity index (χ1v) is 43.1. The number of carbonyl (C=O) groups is 20. The topological polar surface area (TPSA) is 733 Å². The summed E-state index contributed by atoms with van der Waals surface area (Å²) in [7, 11) is 0. The zero-order valence-corrected chi connectivity index (χ0v) is 74.5. The molecule has 0 spiro atoms. The van der Waals surface area contributed by atoms with Crippen LogP contribution in [0.2, 0.25) is 0 Å². The average molecular weight is 1780 g/mol. The van der Waals surface area contributed by atoms with Gasteiger partial charge < -0.3 is 129 Å². The minimum atomic E-state index is -1.84. The zero-order valence-electron chi connectivity index (χ0n) is 74.5. The summed E-state index contributed by atoms with van der Waals surface area (Å²) in [6.45, 7) is 19.7. The number of hydrogen-bond donors (Lipinski definition) is 24. The standard InChI is InChI=1S/C81H144N20O24/c1-43(2)37-58(79(123)96-55(26-30-65(106)107)74(118)95-57(28-32-67(110)111)76(120)99-62(41-47(9)10)81(125)100-59(38-44(3)4)77(121)92-51(22-14-18-34-83)70(114)90-50(21-13-17-33-82)69(113)87-42-63(86)103)97-72(116)53(24-16-20-36-85)91-71(115)52(23-15-19-35-84)93-78(122)60(39-45(5)6)101-80(124)61(40-46(7)8)98-75(119)56(27-31-66(108)109)94-73(117)54(25-29-64(104)105)89-68(112)48(11)88-49(12)102/h43-48,50-62H,13-42,82-85H2,1-12H3,(H2,86,103)(H,87,113)(H,88,102)(H,89,112)(H,90,114)(H,91,115)(H,92,121)(H,93,122)(H,94,117)(H,95,118)(H,96,123)(H,97,116)(H,98,119)(H,99,120)(H,100,125)(H,101,124)(H,104,105)(H,106,107)(H,108,109)(H,110,111)/t48-,50-,51-,52-,53-,54-,55-,56-,57-,58-,59-,60-,61-,62-/m0/s1. The number of carboxylic acids is 4. The van der Waals surface area contributed by atoms with E-state index in [2.05, 4.69) is 79.8 Å². The molecule has 0 aliphatic rings.